The number of sulfonamides is 1. The predicted octanol–water partition coefficient (Wildman–Crippen LogP) is 2.13. The Morgan fingerprint density at radius 1 is 1.06 bits per heavy atom. The van der Waals surface area contributed by atoms with E-state index in [1.165, 1.54) is 22.2 Å². The molecule has 4 rings (SSSR count). The van der Waals surface area contributed by atoms with E-state index < -0.39 is 16.1 Å². The molecular weight excluding hydrogens is 440 g/mol. The number of benzene rings is 2. The molecule has 0 aromatic heterocycles. The van der Waals surface area contributed by atoms with Crippen LogP contribution in [-0.4, -0.2) is 57.8 Å². The lowest BCUT2D eigenvalue weighted by Crippen LogP contribution is -2.47. The highest BCUT2D eigenvalue weighted by molar-refractivity contribution is 7.89. The number of anilines is 2. The summed E-state index contributed by atoms with van der Waals surface area (Å²) in [6.45, 7) is 2.82. The van der Waals surface area contributed by atoms with Crippen molar-refractivity contribution in [3.8, 4) is 0 Å². The van der Waals surface area contributed by atoms with Gasteiger partial charge in [0.15, 0.2) is 0 Å². The third-order valence-corrected chi connectivity index (χ3v) is 8.19. The molecule has 33 heavy (non-hydrogen) atoms. The second-order valence-electron chi connectivity index (χ2n) is 8.79. The fourth-order valence-electron chi connectivity index (χ4n) is 4.48. The lowest BCUT2D eigenvalue weighted by molar-refractivity contribution is -0.125. The summed E-state index contributed by atoms with van der Waals surface area (Å²) < 4.78 is 27.4. The summed E-state index contributed by atoms with van der Waals surface area (Å²) in [7, 11) is 0.364. The first kappa shape index (κ1) is 23.3. The Kier molecular flexibility index (Phi) is 6.45. The number of amides is 2. The van der Waals surface area contributed by atoms with Crippen molar-refractivity contribution in [2.75, 3.05) is 37.0 Å². The van der Waals surface area contributed by atoms with Crippen LogP contribution in [0.25, 0.3) is 0 Å². The Morgan fingerprint density at radius 2 is 1.73 bits per heavy atom. The SMILES string of the molecule is CC(=O)N1c2ccc(S(=O)(=O)N3CCCC3)cc2C[C@@H]1C(=O)NCc1ccc(N(C)C)cc1. The molecule has 1 saturated heterocycles. The molecule has 2 amide bonds. The number of nitrogens with one attached hydrogen (secondary N) is 1. The maximum absolute atomic E-state index is 13.0. The van der Waals surface area contributed by atoms with Gasteiger partial charge in [0.1, 0.15) is 6.04 Å². The quantitative estimate of drug-likeness (QED) is 0.699. The molecule has 0 aliphatic carbocycles. The van der Waals surface area contributed by atoms with Crippen molar-refractivity contribution in [2.45, 2.75) is 43.7 Å². The van der Waals surface area contributed by atoms with Gasteiger partial charge in [-0.25, -0.2) is 8.42 Å². The summed E-state index contributed by atoms with van der Waals surface area (Å²) >= 11 is 0. The van der Waals surface area contributed by atoms with E-state index in [2.05, 4.69) is 5.32 Å². The minimum Gasteiger partial charge on any atom is -0.378 e. The largest absolute Gasteiger partial charge is 0.378 e. The molecule has 2 aromatic rings. The van der Waals surface area contributed by atoms with Crippen LogP contribution >= 0.6 is 0 Å². The summed E-state index contributed by atoms with van der Waals surface area (Å²) in [5.41, 5.74) is 3.32. The third kappa shape index (κ3) is 4.60. The molecular formula is C24H30N4O4S. The van der Waals surface area contributed by atoms with Crippen LogP contribution in [0.2, 0.25) is 0 Å². The molecule has 9 heteroatoms. The smallest absolute Gasteiger partial charge is 0.243 e. The van der Waals surface area contributed by atoms with E-state index >= 15 is 0 Å². The Bertz CT molecular complexity index is 1160. The highest BCUT2D eigenvalue weighted by Crippen LogP contribution is 2.35. The summed E-state index contributed by atoms with van der Waals surface area (Å²) in [5.74, 6) is -0.513. The van der Waals surface area contributed by atoms with Gasteiger partial charge in [-0.1, -0.05) is 12.1 Å². The Balaban J connectivity index is 1.51. The zero-order chi connectivity index (χ0) is 23.8. The molecule has 0 bridgehead atoms. The molecule has 2 aliphatic rings. The number of hydrogen-bond donors (Lipinski definition) is 1. The molecule has 0 radical (unpaired) electrons. The van der Waals surface area contributed by atoms with E-state index in [1.54, 1.807) is 12.1 Å². The van der Waals surface area contributed by atoms with Crippen molar-refractivity contribution in [3.05, 3.63) is 53.6 Å². The van der Waals surface area contributed by atoms with E-state index in [1.807, 2.05) is 43.3 Å². The summed E-state index contributed by atoms with van der Waals surface area (Å²) in [6.07, 6.45) is 2.01. The minimum absolute atomic E-state index is 0.216. The van der Waals surface area contributed by atoms with Crippen molar-refractivity contribution in [2.24, 2.45) is 0 Å². The monoisotopic (exact) mass is 470 g/mol. The number of carbonyl (C=O) groups is 2. The number of carbonyl (C=O) groups excluding carboxylic acids is 2. The molecule has 2 aromatic carbocycles. The average Bonchev–Trinajstić information content (AvgIpc) is 3.45. The molecule has 1 atom stereocenters. The average molecular weight is 471 g/mol. The van der Waals surface area contributed by atoms with Crippen LogP contribution in [0.1, 0.15) is 30.9 Å². The molecule has 8 nitrogen and oxygen atoms in total. The highest BCUT2D eigenvalue weighted by Gasteiger charge is 2.38. The maximum atomic E-state index is 13.0. The van der Waals surface area contributed by atoms with Crippen LogP contribution < -0.4 is 15.1 Å². The van der Waals surface area contributed by atoms with Crippen LogP contribution in [0, 0.1) is 0 Å². The van der Waals surface area contributed by atoms with Gasteiger partial charge in [-0.2, -0.15) is 4.31 Å². The van der Waals surface area contributed by atoms with Crippen LogP contribution in [-0.2, 0) is 32.6 Å². The first-order valence-electron chi connectivity index (χ1n) is 11.2. The van der Waals surface area contributed by atoms with Gasteiger partial charge < -0.3 is 10.2 Å². The summed E-state index contributed by atoms with van der Waals surface area (Å²) in [6, 6.07) is 12.0. The highest BCUT2D eigenvalue weighted by atomic mass is 32.2. The van der Waals surface area contributed by atoms with E-state index in [0.29, 0.717) is 30.9 Å². The van der Waals surface area contributed by atoms with E-state index in [4.69, 9.17) is 0 Å². The summed E-state index contributed by atoms with van der Waals surface area (Å²) in [4.78, 5) is 29.1. The first-order valence-corrected chi connectivity index (χ1v) is 12.6. The summed E-state index contributed by atoms with van der Waals surface area (Å²) in [5, 5.41) is 2.93. The molecule has 2 heterocycles. The minimum atomic E-state index is -3.57. The van der Waals surface area contributed by atoms with Crippen molar-refractivity contribution in [1.29, 1.82) is 0 Å². The molecule has 2 aliphatic heterocycles. The number of hydrogen-bond acceptors (Lipinski definition) is 5. The van der Waals surface area contributed by atoms with Gasteiger partial charge in [-0.3, -0.25) is 14.5 Å². The van der Waals surface area contributed by atoms with Crippen molar-refractivity contribution < 1.29 is 18.0 Å². The zero-order valence-electron chi connectivity index (χ0n) is 19.2. The molecule has 0 spiro atoms. The number of rotatable bonds is 6. The second kappa shape index (κ2) is 9.15. The molecule has 1 N–H and O–H groups in total. The van der Waals surface area contributed by atoms with E-state index in [9.17, 15) is 18.0 Å². The standard InChI is InChI=1S/C24H30N4O4S/c1-17(29)28-22-11-10-21(33(31,32)27-12-4-5-13-27)14-19(22)15-23(28)24(30)25-16-18-6-8-20(9-7-18)26(2)3/h6-11,14,23H,4-5,12-13,15-16H2,1-3H3,(H,25,30)/t23-/m1/s1. The van der Waals surface area contributed by atoms with Gasteiger partial charge in [0.05, 0.1) is 4.90 Å². The van der Waals surface area contributed by atoms with Crippen molar-refractivity contribution in [1.82, 2.24) is 9.62 Å². The topological polar surface area (TPSA) is 90.0 Å². The van der Waals surface area contributed by atoms with Gasteiger partial charge in [0.25, 0.3) is 0 Å². The Labute approximate surface area is 195 Å². The van der Waals surface area contributed by atoms with Crippen LogP contribution in [0.15, 0.2) is 47.4 Å². The molecule has 0 saturated carbocycles. The first-order chi connectivity index (χ1) is 15.7. The lowest BCUT2D eigenvalue weighted by Gasteiger charge is -2.23. The Hall–Kier alpha value is -2.91. The predicted molar refractivity (Wildman–Crippen MR) is 128 cm³/mol. The molecule has 176 valence electrons. The van der Waals surface area contributed by atoms with E-state index in [-0.39, 0.29) is 23.1 Å². The fourth-order valence-corrected chi connectivity index (χ4v) is 6.05. The van der Waals surface area contributed by atoms with Gasteiger partial charge in [0, 0.05) is 58.4 Å². The van der Waals surface area contributed by atoms with Crippen LogP contribution in [0.3, 0.4) is 0 Å². The van der Waals surface area contributed by atoms with Crippen LogP contribution in [0.5, 0.6) is 0 Å². The zero-order valence-corrected chi connectivity index (χ0v) is 20.1. The number of fused-ring (bicyclic) bond motifs is 1. The maximum Gasteiger partial charge on any atom is 0.243 e. The van der Waals surface area contributed by atoms with Crippen molar-refractivity contribution in [3.63, 3.8) is 0 Å². The van der Waals surface area contributed by atoms with Gasteiger partial charge in [-0.15, -0.1) is 0 Å². The third-order valence-electron chi connectivity index (χ3n) is 6.30. The van der Waals surface area contributed by atoms with Gasteiger partial charge in [0.2, 0.25) is 21.8 Å². The van der Waals surface area contributed by atoms with Crippen LogP contribution in [0.4, 0.5) is 11.4 Å². The van der Waals surface area contributed by atoms with Crippen molar-refractivity contribution >= 4 is 33.2 Å². The fraction of sp³-hybridized carbons (Fsp3) is 0.417. The van der Waals surface area contributed by atoms with Gasteiger partial charge in [-0.05, 0) is 54.3 Å². The number of nitrogens with zero attached hydrogens (tertiary/aromatic N) is 3. The second-order valence-corrected chi connectivity index (χ2v) is 10.7. The Morgan fingerprint density at radius 3 is 2.33 bits per heavy atom. The van der Waals surface area contributed by atoms with E-state index in [0.717, 1.165) is 24.1 Å². The van der Waals surface area contributed by atoms with Gasteiger partial charge >= 0.3 is 0 Å². The molecule has 0 unspecified atom stereocenters. The molecule has 1 fully saturated rings. The lowest BCUT2D eigenvalue weighted by atomic mass is 10.1. The normalized spacial score (nSPS) is 18.3.